The van der Waals surface area contributed by atoms with E-state index >= 15 is 0 Å². The summed E-state index contributed by atoms with van der Waals surface area (Å²) in [6, 6.07) is 3.40. The average Bonchev–Trinajstić information content (AvgIpc) is 2.75. The number of nitrogens with zero attached hydrogens (tertiary/aromatic N) is 2. The first-order valence-electron chi connectivity index (χ1n) is 10.5. The SMILES string of the molecule is CCOc1cc(C(=O)N2CCN(C(=O)C(C)(C)CCl)CC2)cc(OCC)c1OCC. The van der Waals surface area contributed by atoms with Gasteiger partial charge in [0.1, 0.15) is 0 Å². The topological polar surface area (TPSA) is 68.3 Å². The van der Waals surface area contributed by atoms with Crippen LogP contribution in [0.25, 0.3) is 0 Å². The molecule has 0 aromatic heterocycles. The molecule has 30 heavy (non-hydrogen) atoms. The standard InChI is InChI=1S/C22H33ClN2O5/c1-6-28-17-13-16(14-18(29-7-2)19(17)30-8-3)20(26)24-9-11-25(12-10-24)21(27)22(4,5)15-23/h13-14H,6-12,15H2,1-5H3. The molecule has 168 valence electrons. The van der Waals surface area contributed by atoms with Crippen molar-refractivity contribution < 1.29 is 23.8 Å². The second-order valence-electron chi connectivity index (χ2n) is 7.70. The summed E-state index contributed by atoms with van der Waals surface area (Å²) < 4.78 is 17.1. The molecule has 0 atom stereocenters. The Morgan fingerprint density at radius 2 is 1.37 bits per heavy atom. The van der Waals surface area contributed by atoms with Crippen molar-refractivity contribution in [3.05, 3.63) is 17.7 Å². The van der Waals surface area contributed by atoms with E-state index in [0.29, 0.717) is 68.8 Å². The summed E-state index contributed by atoms with van der Waals surface area (Å²) in [5.41, 5.74) is -0.132. The summed E-state index contributed by atoms with van der Waals surface area (Å²) in [4.78, 5) is 29.3. The maximum Gasteiger partial charge on any atom is 0.254 e. The normalized spacial score (nSPS) is 14.5. The van der Waals surface area contributed by atoms with Gasteiger partial charge in [0, 0.05) is 37.6 Å². The van der Waals surface area contributed by atoms with E-state index in [2.05, 4.69) is 0 Å². The van der Waals surface area contributed by atoms with E-state index in [0.717, 1.165) is 0 Å². The third-order valence-corrected chi connectivity index (χ3v) is 5.59. The van der Waals surface area contributed by atoms with Gasteiger partial charge in [-0.2, -0.15) is 0 Å². The fourth-order valence-corrected chi connectivity index (χ4v) is 3.41. The number of halogens is 1. The van der Waals surface area contributed by atoms with Crippen LogP contribution in [-0.4, -0.2) is 73.5 Å². The second-order valence-corrected chi connectivity index (χ2v) is 7.97. The molecule has 0 N–H and O–H groups in total. The number of hydrogen-bond donors (Lipinski definition) is 0. The first-order valence-corrected chi connectivity index (χ1v) is 11.0. The van der Waals surface area contributed by atoms with E-state index in [-0.39, 0.29) is 17.7 Å². The van der Waals surface area contributed by atoms with Crippen molar-refractivity contribution in [3.63, 3.8) is 0 Å². The molecular formula is C22H33ClN2O5. The molecule has 0 bridgehead atoms. The highest BCUT2D eigenvalue weighted by atomic mass is 35.5. The van der Waals surface area contributed by atoms with Gasteiger partial charge in [-0.25, -0.2) is 0 Å². The maximum absolute atomic E-state index is 13.2. The van der Waals surface area contributed by atoms with E-state index in [4.69, 9.17) is 25.8 Å². The van der Waals surface area contributed by atoms with Gasteiger partial charge in [-0.1, -0.05) is 0 Å². The number of amides is 2. The summed E-state index contributed by atoms with van der Waals surface area (Å²) in [7, 11) is 0. The predicted octanol–water partition coefficient (Wildman–Crippen LogP) is 3.43. The summed E-state index contributed by atoms with van der Waals surface area (Å²) in [6.07, 6.45) is 0. The van der Waals surface area contributed by atoms with Gasteiger partial charge in [-0.3, -0.25) is 9.59 Å². The Hall–Kier alpha value is -2.15. The zero-order valence-electron chi connectivity index (χ0n) is 18.6. The molecule has 1 fully saturated rings. The molecule has 1 heterocycles. The van der Waals surface area contributed by atoms with Gasteiger partial charge in [-0.05, 0) is 46.8 Å². The zero-order valence-corrected chi connectivity index (χ0v) is 19.4. The molecule has 0 aliphatic carbocycles. The Bertz CT molecular complexity index is 718. The number of carbonyl (C=O) groups excluding carboxylic acids is 2. The minimum Gasteiger partial charge on any atom is -0.490 e. The van der Waals surface area contributed by atoms with E-state index in [1.807, 2.05) is 34.6 Å². The fraction of sp³-hybridized carbons (Fsp3) is 0.636. The smallest absolute Gasteiger partial charge is 0.254 e. The van der Waals surface area contributed by atoms with Crippen LogP contribution in [0, 0.1) is 5.41 Å². The maximum atomic E-state index is 13.2. The first-order chi connectivity index (χ1) is 14.3. The highest BCUT2D eigenvalue weighted by Gasteiger charge is 2.34. The van der Waals surface area contributed by atoms with Crippen molar-refractivity contribution in [1.82, 2.24) is 9.80 Å². The van der Waals surface area contributed by atoms with Crippen LogP contribution in [0.2, 0.25) is 0 Å². The van der Waals surface area contributed by atoms with Gasteiger partial charge in [0.05, 0.1) is 25.2 Å². The Morgan fingerprint density at radius 1 is 0.900 bits per heavy atom. The van der Waals surface area contributed by atoms with Crippen LogP contribution in [0.3, 0.4) is 0 Å². The number of benzene rings is 1. The lowest BCUT2D eigenvalue weighted by Gasteiger charge is -2.38. The number of alkyl halides is 1. The van der Waals surface area contributed by atoms with E-state index in [1.54, 1.807) is 21.9 Å². The van der Waals surface area contributed by atoms with Gasteiger partial charge in [-0.15, -0.1) is 11.6 Å². The van der Waals surface area contributed by atoms with Crippen LogP contribution in [0.4, 0.5) is 0 Å². The third kappa shape index (κ3) is 5.50. The van der Waals surface area contributed by atoms with Crippen molar-refractivity contribution in [1.29, 1.82) is 0 Å². The number of piperazine rings is 1. The Kier molecular flexibility index (Phi) is 8.65. The van der Waals surface area contributed by atoms with Crippen molar-refractivity contribution in [2.75, 3.05) is 51.9 Å². The van der Waals surface area contributed by atoms with E-state index < -0.39 is 5.41 Å². The van der Waals surface area contributed by atoms with Crippen molar-refractivity contribution in [3.8, 4) is 17.2 Å². The van der Waals surface area contributed by atoms with E-state index in [9.17, 15) is 9.59 Å². The van der Waals surface area contributed by atoms with Crippen LogP contribution >= 0.6 is 11.6 Å². The van der Waals surface area contributed by atoms with Crippen molar-refractivity contribution in [2.24, 2.45) is 5.41 Å². The summed E-state index contributed by atoms with van der Waals surface area (Å²) >= 11 is 5.94. The second kappa shape index (κ2) is 10.8. The minimum absolute atomic E-state index is 0.0166. The van der Waals surface area contributed by atoms with Crippen LogP contribution < -0.4 is 14.2 Å². The van der Waals surface area contributed by atoms with Crippen molar-refractivity contribution >= 4 is 23.4 Å². The molecule has 0 radical (unpaired) electrons. The molecule has 2 rings (SSSR count). The van der Waals surface area contributed by atoms with E-state index in [1.165, 1.54) is 0 Å². The molecule has 1 aliphatic heterocycles. The van der Waals surface area contributed by atoms with Crippen LogP contribution in [-0.2, 0) is 4.79 Å². The monoisotopic (exact) mass is 440 g/mol. The molecule has 0 saturated carbocycles. The van der Waals surface area contributed by atoms with Gasteiger partial charge < -0.3 is 24.0 Å². The van der Waals surface area contributed by atoms with Crippen LogP contribution in [0.15, 0.2) is 12.1 Å². The lowest BCUT2D eigenvalue weighted by molar-refractivity contribution is -0.140. The number of carbonyl (C=O) groups is 2. The largest absolute Gasteiger partial charge is 0.490 e. The number of hydrogen-bond acceptors (Lipinski definition) is 5. The minimum atomic E-state index is -0.609. The molecule has 8 heteroatoms. The molecule has 1 aromatic carbocycles. The van der Waals surface area contributed by atoms with Gasteiger partial charge in [0.25, 0.3) is 5.91 Å². The molecule has 2 amide bonds. The quantitative estimate of drug-likeness (QED) is 0.550. The number of rotatable bonds is 9. The zero-order chi connectivity index (χ0) is 22.3. The van der Waals surface area contributed by atoms with Crippen LogP contribution in [0.1, 0.15) is 45.0 Å². The van der Waals surface area contributed by atoms with Gasteiger partial charge in [0.15, 0.2) is 11.5 Å². The third-order valence-electron chi connectivity index (χ3n) is 4.92. The highest BCUT2D eigenvalue weighted by molar-refractivity contribution is 6.19. The molecule has 1 aliphatic rings. The number of ether oxygens (including phenoxy) is 3. The molecular weight excluding hydrogens is 408 g/mol. The summed E-state index contributed by atoms with van der Waals surface area (Å²) in [5.74, 6) is 1.65. The molecule has 1 aromatic rings. The van der Waals surface area contributed by atoms with Crippen LogP contribution in [0.5, 0.6) is 17.2 Å². The molecule has 0 unspecified atom stereocenters. The summed E-state index contributed by atoms with van der Waals surface area (Å²) in [5, 5.41) is 0. The fourth-order valence-electron chi connectivity index (χ4n) is 3.29. The lowest BCUT2D eigenvalue weighted by Crippen LogP contribution is -2.53. The Labute approximate surface area is 184 Å². The summed E-state index contributed by atoms with van der Waals surface area (Å²) in [6.45, 7) is 12.6. The molecule has 1 saturated heterocycles. The lowest BCUT2D eigenvalue weighted by atomic mass is 9.94. The average molecular weight is 441 g/mol. The van der Waals surface area contributed by atoms with Gasteiger partial charge >= 0.3 is 0 Å². The van der Waals surface area contributed by atoms with Crippen molar-refractivity contribution in [2.45, 2.75) is 34.6 Å². The Balaban J connectivity index is 2.19. The molecule has 0 spiro atoms. The highest BCUT2D eigenvalue weighted by Crippen LogP contribution is 2.39. The first kappa shape index (κ1) is 24.1. The Morgan fingerprint density at radius 3 is 1.80 bits per heavy atom. The predicted molar refractivity (Wildman–Crippen MR) is 117 cm³/mol. The molecule has 7 nitrogen and oxygen atoms in total. The van der Waals surface area contributed by atoms with Gasteiger partial charge in [0.2, 0.25) is 11.7 Å².